The first-order chi connectivity index (χ1) is 10.6. The number of nitrogens with one attached hydrogen (secondary N) is 1. The van der Waals surface area contributed by atoms with Crippen molar-refractivity contribution in [2.24, 2.45) is 0 Å². The summed E-state index contributed by atoms with van der Waals surface area (Å²) in [4.78, 5) is 14.2. The van der Waals surface area contributed by atoms with Crippen LogP contribution >= 0.6 is 0 Å². The van der Waals surface area contributed by atoms with Crippen LogP contribution in [0.1, 0.15) is 15.9 Å². The van der Waals surface area contributed by atoms with Crippen molar-refractivity contribution in [3.8, 4) is 5.75 Å². The van der Waals surface area contributed by atoms with Crippen LogP contribution in [0, 0.1) is 0 Å². The molecule has 0 spiro atoms. The molecule has 0 heterocycles. The summed E-state index contributed by atoms with van der Waals surface area (Å²) >= 11 is 0. The van der Waals surface area contributed by atoms with Crippen molar-refractivity contribution < 1.29 is 9.53 Å². The zero-order valence-corrected chi connectivity index (χ0v) is 13.3. The Bertz CT molecular complexity index is 621. The van der Waals surface area contributed by atoms with Gasteiger partial charge in [0.05, 0.1) is 12.7 Å². The van der Waals surface area contributed by atoms with Crippen molar-refractivity contribution in [3.05, 3.63) is 59.7 Å². The normalized spacial score (nSPS) is 10.1. The number of methoxy groups -OCH3 is 1. The molecule has 0 bridgehead atoms. The van der Waals surface area contributed by atoms with Crippen molar-refractivity contribution in [1.82, 2.24) is 5.32 Å². The second-order valence-corrected chi connectivity index (χ2v) is 5.27. The van der Waals surface area contributed by atoms with Crippen LogP contribution in [0.5, 0.6) is 5.75 Å². The van der Waals surface area contributed by atoms with Gasteiger partial charge in [0.25, 0.3) is 5.91 Å². The highest BCUT2D eigenvalue weighted by molar-refractivity contribution is 5.96. The Kier molecular flexibility index (Phi) is 5.42. The summed E-state index contributed by atoms with van der Waals surface area (Å²) in [7, 11) is 5.60. The summed E-state index contributed by atoms with van der Waals surface area (Å²) in [5, 5.41) is 2.93. The van der Waals surface area contributed by atoms with Crippen LogP contribution in [0.3, 0.4) is 0 Å². The summed E-state index contributed by atoms with van der Waals surface area (Å²) in [6, 6.07) is 15.6. The number of para-hydroxylation sites is 1. The number of amides is 1. The van der Waals surface area contributed by atoms with E-state index in [0.717, 1.165) is 6.42 Å². The van der Waals surface area contributed by atoms with Crippen molar-refractivity contribution in [1.29, 1.82) is 0 Å². The Morgan fingerprint density at radius 3 is 2.41 bits per heavy atom. The van der Waals surface area contributed by atoms with E-state index in [-0.39, 0.29) is 5.91 Å². The van der Waals surface area contributed by atoms with Crippen LogP contribution in [0.2, 0.25) is 0 Å². The van der Waals surface area contributed by atoms with Gasteiger partial charge in [-0.2, -0.15) is 0 Å². The molecule has 0 atom stereocenters. The fourth-order valence-corrected chi connectivity index (χ4v) is 2.21. The number of hydrogen-bond donors (Lipinski definition) is 1. The molecule has 0 aromatic heterocycles. The maximum Gasteiger partial charge on any atom is 0.255 e. The third kappa shape index (κ3) is 4.01. The summed E-state index contributed by atoms with van der Waals surface area (Å²) in [6.07, 6.45) is 0.800. The number of benzene rings is 2. The Morgan fingerprint density at radius 1 is 1.09 bits per heavy atom. The lowest BCUT2D eigenvalue weighted by Gasteiger charge is -2.13. The molecule has 0 saturated heterocycles. The van der Waals surface area contributed by atoms with Crippen molar-refractivity contribution >= 4 is 11.6 Å². The highest BCUT2D eigenvalue weighted by atomic mass is 16.5. The Morgan fingerprint density at radius 2 is 1.77 bits per heavy atom. The molecule has 0 aliphatic carbocycles. The summed E-state index contributed by atoms with van der Waals surface area (Å²) < 4.78 is 5.20. The van der Waals surface area contributed by atoms with Gasteiger partial charge in [0, 0.05) is 26.3 Å². The van der Waals surface area contributed by atoms with E-state index in [1.165, 1.54) is 11.3 Å². The maximum absolute atomic E-state index is 12.2. The van der Waals surface area contributed by atoms with E-state index < -0.39 is 0 Å². The lowest BCUT2D eigenvalue weighted by atomic mass is 10.1. The molecule has 0 fully saturated rings. The van der Waals surface area contributed by atoms with Gasteiger partial charge in [-0.1, -0.05) is 24.3 Å². The molecule has 2 aromatic carbocycles. The zero-order valence-electron chi connectivity index (χ0n) is 13.3. The van der Waals surface area contributed by atoms with Crippen molar-refractivity contribution in [2.45, 2.75) is 6.42 Å². The molecule has 2 rings (SSSR count). The van der Waals surface area contributed by atoms with Crippen molar-refractivity contribution in [2.75, 3.05) is 32.6 Å². The van der Waals surface area contributed by atoms with Crippen LogP contribution in [-0.4, -0.2) is 33.7 Å². The number of rotatable bonds is 6. The minimum Gasteiger partial charge on any atom is -0.496 e. The monoisotopic (exact) mass is 298 g/mol. The van der Waals surface area contributed by atoms with Gasteiger partial charge in [-0.05, 0) is 36.2 Å². The van der Waals surface area contributed by atoms with E-state index in [0.29, 0.717) is 17.9 Å². The number of anilines is 1. The van der Waals surface area contributed by atoms with E-state index >= 15 is 0 Å². The van der Waals surface area contributed by atoms with Gasteiger partial charge >= 0.3 is 0 Å². The zero-order chi connectivity index (χ0) is 15.9. The number of nitrogens with zero attached hydrogens (tertiary/aromatic N) is 1. The Balaban J connectivity index is 1.89. The van der Waals surface area contributed by atoms with Gasteiger partial charge in [-0.15, -0.1) is 0 Å². The second-order valence-electron chi connectivity index (χ2n) is 5.27. The predicted molar refractivity (Wildman–Crippen MR) is 89.8 cm³/mol. The van der Waals surface area contributed by atoms with E-state index in [4.69, 9.17) is 4.74 Å². The highest BCUT2D eigenvalue weighted by Gasteiger charge is 2.10. The van der Waals surface area contributed by atoms with E-state index in [1.807, 2.05) is 26.2 Å². The summed E-state index contributed by atoms with van der Waals surface area (Å²) in [6.45, 7) is 0.595. The van der Waals surface area contributed by atoms with Gasteiger partial charge in [-0.25, -0.2) is 0 Å². The molecule has 0 radical (unpaired) electrons. The van der Waals surface area contributed by atoms with E-state index in [2.05, 4.69) is 34.5 Å². The molecule has 22 heavy (non-hydrogen) atoms. The third-order valence-corrected chi connectivity index (χ3v) is 3.50. The molecule has 4 nitrogen and oxygen atoms in total. The molecule has 1 amide bonds. The summed E-state index contributed by atoms with van der Waals surface area (Å²) in [5.41, 5.74) is 2.93. The average Bonchev–Trinajstić information content (AvgIpc) is 2.55. The molecule has 0 aliphatic heterocycles. The number of ether oxygens (including phenoxy) is 1. The first-order valence-electron chi connectivity index (χ1n) is 7.29. The highest BCUT2D eigenvalue weighted by Crippen LogP contribution is 2.17. The van der Waals surface area contributed by atoms with Crippen LogP contribution in [0.15, 0.2) is 48.5 Å². The second kappa shape index (κ2) is 7.50. The van der Waals surface area contributed by atoms with Crippen LogP contribution in [0.25, 0.3) is 0 Å². The van der Waals surface area contributed by atoms with Crippen LogP contribution in [-0.2, 0) is 6.42 Å². The fourth-order valence-electron chi connectivity index (χ4n) is 2.21. The molecule has 0 aliphatic rings. The van der Waals surface area contributed by atoms with Gasteiger partial charge in [0.15, 0.2) is 0 Å². The SMILES string of the molecule is COc1ccccc1C(=O)NCCc1ccc(N(C)C)cc1. The number of hydrogen-bond acceptors (Lipinski definition) is 3. The average molecular weight is 298 g/mol. The standard InChI is InChI=1S/C18H22N2O2/c1-20(2)15-10-8-14(9-11-15)12-13-19-18(21)16-6-4-5-7-17(16)22-3/h4-11H,12-13H2,1-3H3,(H,19,21). The van der Waals surface area contributed by atoms with Crippen molar-refractivity contribution in [3.63, 3.8) is 0 Å². The topological polar surface area (TPSA) is 41.6 Å². The smallest absolute Gasteiger partial charge is 0.255 e. The molecular formula is C18H22N2O2. The molecule has 4 heteroatoms. The quantitative estimate of drug-likeness (QED) is 0.891. The van der Waals surface area contributed by atoms with Gasteiger partial charge in [0.2, 0.25) is 0 Å². The van der Waals surface area contributed by atoms with Crippen LogP contribution in [0.4, 0.5) is 5.69 Å². The molecule has 0 unspecified atom stereocenters. The van der Waals surface area contributed by atoms with Gasteiger partial charge in [-0.3, -0.25) is 4.79 Å². The van der Waals surface area contributed by atoms with E-state index in [9.17, 15) is 4.79 Å². The largest absolute Gasteiger partial charge is 0.496 e. The van der Waals surface area contributed by atoms with E-state index in [1.54, 1.807) is 19.2 Å². The predicted octanol–water partition coefficient (Wildman–Crippen LogP) is 2.73. The first kappa shape index (κ1) is 15.9. The molecular weight excluding hydrogens is 276 g/mol. The molecule has 0 saturated carbocycles. The number of carbonyl (C=O) groups excluding carboxylic acids is 1. The maximum atomic E-state index is 12.2. The summed E-state index contributed by atoms with van der Waals surface area (Å²) in [5.74, 6) is 0.484. The number of carbonyl (C=O) groups is 1. The lowest BCUT2D eigenvalue weighted by molar-refractivity contribution is 0.0951. The molecule has 2 aromatic rings. The third-order valence-electron chi connectivity index (χ3n) is 3.50. The molecule has 116 valence electrons. The lowest BCUT2D eigenvalue weighted by Crippen LogP contribution is -2.26. The Hall–Kier alpha value is -2.49. The van der Waals surface area contributed by atoms with Gasteiger partial charge in [0.1, 0.15) is 5.75 Å². The first-order valence-corrected chi connectivity index (χ1v) is 7.29. The minimum atomic E-state index is -0.109. The van der Waals surface area contributed by atoms with Gasteiger partial charge < -0.3 is 15.0 Å². The minimum absolute atomic E-state index is 0.109. The fraction of sp³-hybridized carbons (Fsp3) is 0.278. The van der Waals surface area contributed by atoms with Crippen LogP contribution < -0.4 is 15.0 Å². The molecule has 1 N–H and O–H groups in total. The Labute approximate surface area is 131 Å².